The van der Waals surface area contributed by atoms with E-state index in [1.807, 2.05) is 0 Å². The van der Waals surface area contributed by atoms with Gasteiger partial charge in [-0.1, -0.05) is 12.6 Å². The topological polar surface area (TPSA) is 55.8 Å². The van der Waals surface area contributed by atoms with Crippen LogP contribution >= 0.6 is 0 Å². The fourth-order valence-electron chi connectivity index (χ4n) is 2.43. The second kappa shape index (κ2) is 4.42. The number of hydrogen-bond donors (Lipinski definition) is 0. The van der Waals surface area contributed by atoms with Gasteiger partial charge < -0.3 is 14.4 Å². The molecule has 0 saturated heterocycles. The van der Waals surface area contributed by atoms with Gasteiger partial charge in [0.05, 0.1) is 25.5 Å². The molecular formula is C14H15NO4. The SMILES string of the molecule is C=CC1(C(=O)OC)C(=O)c2c(OC)cccc2N1C. The molecule has 1 atom stereocenters. The molecule has 1 aliphatic rings. The van der Waals surface area contributed by atoms with E-state index < -0.39 is 11.5 Å². The number of rotatable bonds is 3. The number of Topliss-reactive ketones (excluding diaryl/α,β-unsaturated/α-hetero) is 1. The molecule has 0 bridgehead atoms. The summed E-state index contributed by atoms with van der Waals surface area (Å²) in [6.45, 7) is 3.62. The van der Waals surface area contributed by atoms with E-state index in [2.05, 4.69) is 6.58 Å². The molecule has 5 heteroatoms. The van der Waals surface area contributed by atoms with Crippen LogP contribution in [0.5, 0.6) is 5.75 Å². The average Bonchev–Trinajstić information content (AvgIpc) is 2.67. The van der Waals surface area contributed by atoms with Crippen LogP contribution in [0.15, 0.2) is 30.9 Å². The van der Waals surface area contributed by atoms with Crippen LogP contribution in [0.1, 0.15) is 10.4 Å². The Morgan fingerprint density at radius 3 is 2.63 bits per heavy atom. The first-order valence-electron chi connectivity index (χ1n) is 5.72. The van der Waals surface area contributed by atoms with E-state index in [1.54, 1.807) is 30.1 Å². The number of likely N-dealkylation sites (N-methyl/N-ethyl adjacent to an activating group) is 1. The van der Waals surface area contributed by atoms with Crippen molar-refractivity contribution in [3.05, 3.63) is 36.4 Å². The maximum absolute atomic E-state index is 12.6. The van der Waals surface area contributed by atoms with E-state index in [1.165, 1.54) is 20.3 Å². The van der Waals surface area contributed by atoms with Gasteiger partial charge in [0, 0.05) is 7.05 Å². The number of ketones is 1. The molecule has 0 aromatic heterocycles. The minimum absolute atomic E-state index is 0.373. The first kappa shape index (κ1) is 13.1. The molecular weight excluding hydrogens is 246 g/mol. The molecule has 1 heterocycles. The van der Waals surface area contributed by atoms with E-state index in [0.717, 1.165) is 0 Å². The third kappa shape index (κ3) is 1.47. The molecule has 0 amide bonds. The van der Waals surface area contributed by atoms with Crippen LogP contribution in [-0.4, -0.2) is 38.6 Å². The van der Waals surface area contributed by atoms with Gasteiger partial charge >= 0.3 is 5.97 Å². The second-order valence-corrected chi connectivity index (χ2v) is 4.20. The van der Waals surface area contributed by atoms with Crippen molar-refractivity contribution in [3.8, 4) is 5.75 Å². The summed E-state index contributed by atoms with van der Waals surface area (Å²) in [6.07, 6.45) is 1.31. The van der Waals surface area contributed by atoms with Crippen molar-refractivity contribution in [2.45, 2.75) is 5.54 Å². The lowest BCUT2D eigenvalue weighted by Crippen LogP contribution is -2.54. The Kier molecular flexibility index (Phi) is 3.06. The zero-order valence-electron chi connectivity index (χ0n) is 11.1. The van der Waals surface area contributed by atoms with E-state index in [-0.39, 0.29) is 5.78 Å². The van der Waals surface area contributed by atoms with Gasteiger partial charge in [0.2, 0.25) is 11.3 Å². The van der Waals surface area contributed by atoms with Gasteiger partial charge in [-0.2, -0.15) is 0 Å². The van der Waals surface area contributed by atoms with Crippen molar-refractivity contribution in [3.63, 3.8) is 0 Å². The summed E-state index contributed by atoms with van der Waals surface area (Å²) in [4.78, 5) is 26.3. The molecule has 0 fully saturated rings. The standard InChI is InChI=1S/C14H15NO4/c1-5-14(13(17)19-4)12(16)11-9(15(14)2)7-6-8-10(11)18-3/h5-8H,1H2,2-4H3. The lowest BCUT2D eigenvalue weighted by molar-refractivity contribution is -0.143. The number of esters is 1. The highest BCUT2D eigenvalue weighted by atomic mass is 16.5. The van der Waals surface area contributed by atoms with Crippen molar-refractivity contribution >= 4 is 17.4 Å². The van der Waals surface area contributed by atoms with E-state index >= 15 is 0 Å². The fourth-order valence-corrected chi connectivity index (χ4v) is 2.43. The van der Waals surface area contributed by atoms with Crippen LogP contribution in [0.25, 0.3) is 0 Å². The van der Waals surface area contributed by atoms with E-state index in [9.17, 15) is 9.59 Å². The number of methoxy groups -OCH3 is 2. The molecule has 5 nitrogen and oxygen atoms in total. The first-order valence-corrected chi connectivity index (χ1v) is 5.72. The zero-order valence-corrected chi connectivity index (χ0v) is 11.1. The van der Waals surface area contributed by atoms with Gasteiger partial charge in [-0.05, 0) is 18.2 Å². The third-order valence-corrected chi connectivity index (χ3v) is 3.48. The molecule has 2 rings (SSSR count). The van der Waals surface area contributed by atoms with Crippen molar-refractivity contribution in [2.24, 2.45) is 0 Å². The predicted octanol–water partition coefficient (Wildman–Crippen LogP) is 1.43. The van der Waals surface area contributed by atoms with Crippen LogP contribution < -0.4 is 9.64 Å². The van der Waals surface area contributed by atoms with Gasteiger partial charge in [-0.15, -0.1) is 0 Å². The highest BCUT2D eigenvalue weighted by molar-refractivity contribution is 6.27. The highest BCUT2D eigenvalue weighted by Crippen LogP contribution is 2.43. The van der Waals surface area contributed by atoms with Crippen LogP contribution in [0.3, 0.4) is 0 Å². The minimum atomic E-state index is -1.52. The van der Waals surface area contributed by atoms with Crippen LogP contribution in [0.4, 0.5) is 5.69 Å². The Bertz CT molecular complexity index is 567. The quantitative estimate of drug-likeness (QED) is 0.468. The van der Waals surface area contributed by atoms with Crippen LogP contribution in [-0.2, 0) is 9.53 Å². The van der Waals surface area contributed by atoms with Crippen molar-refractivity contribution in [2.75, 3.05) is 26.2 Å². The number of anilines is 1. The summed E-state index contributed by atoms with van der Waals surface area (Å²) >= 11 is 0. The molecule has 19 heavy (non-hydrogen) atoms. The lowest BCUT2D eigenvalue weighted by atomic mass is 9.92. The zero-order chi connectivity index (χ0) is 14.2. The summed E-state index contributed by atoms with van der Waals surface area (Å²) in [6, 6.07) is 5.20. The molecule has 1 aliphatic heterocycles. The minimum Gasteiger partial charge on any atom is -0.496 e. The third-order valence-electron chi connectivity index (χ3n) is 3.48. The number of ether oxygens (including phenoxy) is 2. The number of nitrogens with zero attached hydrogens (tertiary/aromatic N) is 1. The van der Waals surface area contributed by atoms with E-state index in [0.29, 0.717) is 17.0 Å². The predicted molar refractivity (Wildman–Crippen MR) is 70.7 cm³/mol. The largest absolute Gasteiger partial charge is 0.496 e. The Labute approximate surface area is 111 Å². The maximum atomic E-state index is 12.6. The Balaban J connectivity index is 2.70. The molecule has 0 radical (unpaired) electrons. The summed E-state index contributed by atoms with van der Waals surface area (Å²) in [5.74, 6) is -0.612. The van der Waals surface area contributed by atoms with Crippen molar-refractivity contribution in [1.29, 1.82) is 0 Å². The number of carbonyl (C=O) groups excluding carboxylic acids is 2. The van der Waals surface area contributed by atoms with Gasteiger partial charge in [0.1, 0.15) is 5.75 Å². The van der Waals surface area contributed by atoms with Gasteiger partial charge in [-0.3, -0.25) is 4.79 Å². The summed E-state index contributed by atoms with van der Waals surface area (Å²) in [7, 11) is 4.38. The Hall–Kier alpha value is -2.30. The van der Waals surface area contributed by atoms with E-state index in [4.69, 9.17) is 9.47 Å². The smallest absolute Gasteiger partial charge is 0.344 e. The van der Waals surface area contributed by atoms with Crippen LogP contribution in [0, 0.1) is 0 Å². The van der Waals surface area contributed by atoms with Crippen molar-refractivity contribution < 1.29 is 19.1 Å². The highest BCUT2D eigenvalue weighted by Gasteiger charge is 2.55. The Morgan fingerprint density at radius 2 is 2.11 bits per heavy atom. The molecule has 1 unspecified atom stereocenters. The summed E-state index contributed by atoms with van der Waals surface area (Å²) in [5, 5.41) is 0. The number of hydrogen-bond acceptors (Lipinski definition) is 5. The fraction of sp³-hybridized carbons (Fsp3) is 0.286. The van der Waals surface area contributed by atoms with Crippen LogP contribution in [0.2, 0.25) is 0 Å². The molecule has 1 aromatic rings. The molecule has 0 saturated carbocycles. The first-order chi connectivity index (χ1) is 9.04. The van der Waals surface area contributed by atoms with Gasteiger partial charge in [0.15, 0.2) is 0 Å². The monoisotopic (exact) mass is 261 g/mol. The molecule has 0 aliphatic carbocycles. The number of fused-ring (bicyclic) bond motifs is 1. The number of carbonyl (C=O) groups is 2. The summed E-state index contributed by atoms with van der Waals surface area (Å²) < 4.78 is 9.95. The molecule has 0 N–H and O–H groups in total. The summed E-state index contributed by atoms with van der Waals surface area (Å²) in [5.41, 5.74) is -0.529. The average molecular weight is 261 g/mol. The van der Waals surface area contributed by atoms with Gasteiger partial charge in [0.25, 0.3) is 0 Å². The van der Waals surface area contributed by atoms with Crippen molar-refractivity contribution in [1.82, 2.24) is 0 Å². The molecule has 0 spiro atoms. The molecule has 100 valence electrons. The molecule has 1 aromatic carbocycles. The number of benzene rings is 1. The normalized spacial score (nSPS) is 21.0. The van der Waals surface area contributed by atoms with Gasteiger partial charge in [-0.25, -0.2) is 4.79 Å². The lowest BCUT2D eigenvalue weighted by Gasteiger charge is -2.30. The second-order valence-electron chi connectivity index (χ2n) is 4.20. The Morgan fingerprint density at radius 1 is 1.42 bits per heavy atom. The maximum Gasteiger partial charge on any atom is 0.344 e.